The van der Waals surface area contributed by atoms with Crippen LogP contribution >= 0.6 is 11.3 Å². The highest BCUT2D eigenvalue weighted by molar-refractivity contribution is 7.07. The first kappa shape index (κ1) is 17.8. The molecule has 3 aromatic carbocycles. The first-order chi connectivity index (χ1) is 13.6. The molecule has 3 N–H and O–H groups in total. The van der Waals surface area contributed by atoms with Crippen LogP contribution in [0.2, 0.25) is 0 Å². The second-order valence-corrected chi connectivity index (χ2v) is 6.92. The Morgan fingerprint density at radius 2 is 1.71 bits per heavy atom. The fourth-order valence-electron chi connectivity index (χ4n) is 3.01. The minimum absolute atomic E-state index is 0.278. The molecule has 0 aliphatic rings. The van der Waals surface area contributed by atoms with Crippen LogP contribution in [-0.2, 0) is 0 Å². The molecule has 0 atom stereocenters. The van der Waals surface area contributed by atoms with Crippen LogP contribution in [0.5, 0.6) is 17.2 Å². The second-order valence-electron chi connectivity index (χ2n) is 6.08. The fourth-order valence-corrected chi connectivity index (χ4v) is 3.80. The van der Waals surface area contributed by atoms with Gasteiger partial charge in [0, 0.05) is 23.6 Å². The van der Waals surface area contributed by atoms with Crippen molar-refractivity contribution < 1.29 is 15.3 Å². The predicted octanol–water partition coefficient (Wildman–Crippen LogP) is 3.90. The molecule has 140 valence electrons. The van der Waals surface area contributed by atoms with Crippen molar-refractivity contribution in [2.75, 3.05) is 7.05 Å². The predicted molar refractivity (Wildman–Crippen MR) is 111 cm³/mol. The normalized spacial score (nSPS) is 12.2. The Bertz CT molecular complexity index is 1270. The zero-order valence-electron chi connectivity index (χ0n) is 14.9. The Labute approximate surface area is 164 Å². The number of aromatic hydroxyl groups is 3. The standard InChI is InChI=1S/C21H17N3O3S/c1-22-21-24(23-11-14-9-10-18(25)20(27)19(14)26)17(12-28-21)16-8-4-6-13-5-2-3-7-15(13)16/h2-12,25-27H,1H3. The van der Waals surface area contributed by atoms with Crippen molar-refractivity contribution in [2.24, 2.45) is 10.1 Å². The van der Waals surface area contributed by atoms with Crippen LogP contribution in [0.15, 0.2) is 70.1 Å². The number of benzene rings is 3. The molecule has 1 aromatic heterocycles. The molecule has 0 unspecified atom stereocenters. The summed E-state index contributed by atoms with van der Waals surface area (Å²) in [7, 11) is 1.69. The third kappa shape index (κ3) is 3.01. The van der Waals surface area contributed by atoms with E-state index in [0.717, 1.165) is 22.0 Å². The fraction of sp³-hybridized carbons (Fsp3) is 0.0476. The van der Waals surface area contributed by atoms with Crippen molar-refractivity contribution in [3.8, 4) is 28.5 Å². The minimum atomic E-state index is -0.575. The minimum Gasteiger partial charge on any atom is -0.504 e. The third-order valence-electron chi connectivity index (χ3n) is 4.42. The number of aromatic nitrogens is 1. The van der Waals surface area contributed by atoms with Crippen LogP contribution in [0.1, 0.15) is 5.56 Å². The largest absolute Gasteiger partial charge is 0.504 e. The lowest BCUT2D eigenvalue weighted by molar-refractivity contribution is 0.367. The number of phenols is 3. The lowest BCUT2D eigenvalue weighted by Crippen LogP contribution is -2.11. The molecular weight excluding hydrogens is 374 g/mol. The molecule has 4 rings (SSSR count). The number of thiazole rings is 1. The van der Waals surface area contributed by atoms with Gasteiger partial charge >= 0.3 is 0 Å². The van der Waals surface area contributed by atoms with Crippen molar-refractivity contribution in [3.63, 3.8) is 0 Å². The lowest BCUT2D eigenvalue weighted by Gasteiger charge is -2.08. The maximum atomic E-state index is 10.0. The first-order valence-electron chi connectivity index (χ1n) is 8.50. The molecule has 6 nitrogen and oxygen atoms in total. The Balaban J connectivity index is 1.87. The summed E-state index contributed by atoms with van der Waals surface area (Å²) in [5, 5.41) is 37.9. The van der Waals surface area contributed by atoms with E-state index >= 15 is 0 Å². The number of hydrogen-bond donors (Lipinski definition) is 3. The van der Waals surface area contributed by atoms with Gasteiger partial charge in [-0.1, -0.05) is 42.5 Å². The number of phenolic OH excluding ortho intramolecular Hbond substituents is 3. The smallest absolute Gasteiger partial charge is 0.205 e. The topological polar surface area (TPSA) is 90.3 Å². The van der Waals surface area contributed by atoms with Crippen molar-refractivity contribution >= 4 is 28.3 Å². The molecule has 0 saturated heterocycles. The van der Waals surface area contributed by atoms with Gasteiger partial charge in [-0.05, 0) is 22.9 Å². The zero-order chi connectivity index (χ0) is 19.7. The maximum Gasteiger partial charge on any atom is 0.205 e. The van der Waals surface area contributed by atoms with E-state index in [-0.39, 0.29) is 5.56 Å². The van der Waals surface area contributed by atoms with Crippen LogP contribution in [0.3, 0.4) is 0 Å². The molecule has 1 heterocycles. The van der Waals surface area contributed by atoms with Gasteiger partial charge in [0.25, 0.3) is 0 Å². The summed E-state index contributed by atoms with van der Waals surface area (Å²) < 4.78 is 1.69. The highest BCUT2D eigenvalue weighted by atomic mass is 32.1. The Kier molecular flexibility index (Phi) is 4.58. The van der Waals surface area contributed by atoms with Gasteiger partial charge in [-0.15, -0.1) is 11.3 Å². The number of nitrogens with zero attached hydrogens (tertiary/aromatic N) is 3. The van der Waals surface area contributed by atoms with E-state index in [1.165, 1.54) is 29.7 Å². The lowest BCUT2D eigenvalue weighted by atomic mass is 10.0. The SMILES string of the molecule is CN=c1scc(-c2cccc3ccccc23)n1N=Cc1ccc(O)c(O)c1O. The van der Waals surface area contributed by atoms with E-state index in [0.29, 0.717) is 4.80 Å². The molecule has 7 heteroatoms. The van der Waals surface area contributed by atoms with E-state index in [1.807, 2.05) is 29.6 Å². The number of hydrogen-bond acceptors (Lipinski definition) is 6. The maximum absolute atomic E-state index is 10.0. The number of fused-ring (bicyclic) bond motifs is 1. The molecule has 0 bridgehead atoms. The summed E-state index contributed by atoms with van der Waals surface area (Å²) in [6.07, 6.45) is 1.42. The van der Waals surface area contributed by atoms with Crippen molar-refractivity contribution in [1.82, 2.24) is 4.68 Å². The van der Waals surface area contributed by atoms with Crippen LogP contribution in [0.25, 0.3) is 22.0 Å². The van der Waals surface area contributed by atoms with E-state index < -0.39 is 17.2 Å². The van der Waals surface area contributed by atoms with Gasteiger partial charge in [0.05, 0.1) is 11.9 Å². The summed E-state index contributed by atoms with van der Waals surface area (Å²) in [6.45, 7) is 0. The molecule has 0 amide bonds. The Hall–Kier alpha value is -3.58. The van der Waals surface area contributed by atoms with Crippen LogP contribution in [0.4, 0.5) is 0 Å². The molecule has 0 aliphatic carbocycles. The molecule has 0 fully saturated rings. The summed E-state index contributed by atoms with van der Waals surface area (Å²) >= 11 is 1.46. The van der Waals surface area contributed by atoms with Gasteiger partial charge in [0.15, 0.2) is 11.5 Å². The van der Waals surface area contributed by atoms with Gasteiger partial charge in [0.1, 0.15) is 0 Å². The summed E-state index contributed by atoms with van der Waals surface area (Å²) in [5.74, 6) is -1.39. The molecule has 4 aromatic rings. The first-order valence-corrected chi connectivity index (χ1v) is 9.38. The second kappa shape index (κ2) is 7.21. The average molecular weight is 391 g/mol. The molecular formula is C21H17N3O3S. The third-order valence-corrected chi connectivity index (χ3v) is 5.32. The zero-order valence-corrected chi connectivity index (χ0v) is 15.8. The van der Waals surface area contributed by atoms with E-state index in [2.05, 4.69) is 28.3 Å². The molecule has 0 saturated carbocycles. The highest BCUT2D eigenvalue weighted by Gasteiger charge is 2.12. The van der Waals surface area contributed by atoms with Crippen LogP contribution in [0, 0.1) is 0 Å². The van der Waals surface area contributed by atoms with E-state index in [4.69, 9.17) is 0 Å². The Morgan fingerprint density at radius 3 is 2.54 bits per heavy atom. The summed E-state index contributed by atoms with van der Waals surface area (Å²) in [5.41, 5.74) is 2.15. The van der Waals surface area contributed by atoms with Gasteiger partial charge in [-0.25, -0.2) is 4.68 Å². The molecule has 0 radical (unpaired) electrons. The summed E-state index contributed by atoms with van der Waals surface area (Å²) in [6, 6.07) is 17.0. The van der Waals surface area contributed by atoms with Crippen molar-refractivity contribution in [2.45, 2.75) is 0 Å². The highest BCUT2D eigenvalue weighted by Crippen LogP contribution is 2.36. The quantitative estimate of drug-likeness (QED) is 0.365. The molecule has 0 aliphatic heterocycles. The van der Waals surface area contributed by atoms with Crippen molar-refractivity contribution in [1.29, 1.82) is 0 Å². The van der Waals surface area contributed by atoms with Gasteiger partial charge < -0.3 is 15.3 Å². The summed E-state index contributed by atoms with van der Waals surface area (Å²) in [4.78, 5) is 4.96. The average Bonchev–Trinajstić information content (AvgIpc) is 3.14. The van der Waals surface area contributed by atoms with Gasteiger partial charge in [-0.3, -0.25) is 4.99 Å². The van der Waals surface area contributed by atoms with Gasteiger partial charge in [-0.2, -0.15) is 5.10 Å². The van der Waals surface area contributed by atoms with Crippen molar-refractivity contribution in [3.05, 3.63) is 70.3 Å². The molecule has 0 spiro atoms. The van der Waals surface area contributed by atoms with E-state index in [1.54, 1.807) is 11.7 Å². The molecule has 28 heavy (non-hydrogen) atoms. The van der Waals surface area contributed by atoms with Crippen LogP contribution < -0.4 is 4.80 Å². The van der Waals surface area contributed by atoms with Gasteiger partial charge in [0.2, 0.25) is 10.6 Å². The Morgan fingerprint density at radius 1 is 0.929 bits per heavy atom. The monoisotopic (exact) mass is 391 g/mol. The van der Waals surface area contributed by atoms with Crippen LogP contribution in [-0.4, -0.2) is 33.3 Å². The van der Waals surface area contributed by atoms with E-state index in [9.17, 15) is 15.3 Å². The number of rotatable bonds is 3.